The van der Waals surface area contributed by atoms with Gasteiger partial charge in [-0.25, -0.2) is 0 Å². The van der Waals surface area contributed by atoms with Crippen molar-refractivity contribution in [3.63, 3.8) is 0 Å². The van der Waals surface area contributed by atoms with Gasteiger partial charge in [0.1, 0.15) is 5.75 Å². The van der Waals surface area contributed by atoms with Crippen LogP contribution in [-0.4, -0.2) is 68.6 Å². The lowest BCUT2D eigenvalue weighted by Crippen LogP contribution is -2.61. The van der Waals surface area contributed by atoms with E-state index in [0.717, 1.165) is 0 Å². The molecule has 0 spiro atoms. The zero-order valence-electron chi connectivity index (χ0n) is 17.4. The highest BCUT2D eigenvalue weighted by Crippen LogP contribution is 2.24. The molecule has 1 saturated heterocycles. The van der Waals surface area contributed by atoms with Crippen LogP contribution in [0, 0.1) is 5.41 Å². The van der Waals surface area contributed by atoms with Gasteiger partial charge in [-0.3, -0.25) is 8.78 Å². The van der Waals surface area contributed by atoms with E-state index >= 15 is 0 Å². The monoisotopic (exact) mass is 456 g/mol. The van der Waals surface area contributed by atoms with Gasteiger partial charge in [-0.2, -0.15) is 0 Å². The highest BCUT2D eigenvalue weighted by molar-refractivity contribution is 5.28. The Morgan fingerprint density at radius 2 is 1.84 bits per heavy atom. The topological polar surface area (TPSA) is 86.0 Å². The first-order valence-electron chi connectivity index (χ1n) is 9.86. The second-order valence-electron chi connectivity index (χ2n) is 8.20. The molecule has 31 heavy (non-hydrogen) atoms. The molecule has 11 heteroatoms. The van der Waals surface area contributed by atoms with E-state index in [4.69, 9.17) is 15.2 Å². The number of alkyl halides is 5. The summed E-state index contributed by atoms with van der Waals surface area (Å²) in [4.78, 5) is 0. The molecular formula is C20H29F5N2O4. The van der Waals surface area contributed by atoms with Crippen LogP contribution in [0.25, 0.3) is 0 Å². The normalized spacial score (nSPS) is 24.6. The van der Waals surface area contributed by atoms with Crippen molar-refractivity contribution in [3.8, 4) is 5.75 Å². The van der Waals surface area contributed by atoms with Crippen LogP contribution >= 0.6 is 0 Å². The van der Waals surface area contributed by atoms with Crippen LogP contribution in [0.4, 0.5) is 22.0 Å². The molecule has 1 aromatic rings. The summed E-state index contributed by atoms with van der Waals surface area (Å²) in [6.07, 6.45) is -6.31. The number of ether oxygens (including phenoxy) is 3. The lowest BCUT2D eigenvalue weighted by Gasteiger charge is -2.39. The van der Waals surface area contributed by atoms with Gasteiger partial charge in [0.05, 0.1) is 44.8 Å². The molecule has 0 aromatic heterocycles. The summed E-state index contributed by atoms with van der Waals surface area (Å²) in [5.74, 6) is -0.343. The van der Waals surface area contributed by atoms with Gasteiger partial charge < -0.3 is 30.4 Å². The third-order valence-corrected chi connectivity index (χ3v) is 5.05. The summed E-state index contributed by atoms with van der Waals surface area (Å²) in [5.41, 5.74) is 5.48. The Labute approximate surface area is 177 Å². The number of morpholine rings is 1. The highest BCUT2D eigenvalue weighted by Gasteiger charge is 2.36. The summed E-state index contributed by atoms with van der Waals surface area (Å²) >= 11 is 0. The summed E-state index contributed by atoms with van der Waals surface area (Å²) in [6.45, 7) is 1.36. The van der Waals surface area contributed by atoms with Gasteiger partial charge in [0.25, 0.3) is 0 Å². The molecular weight excluding hydrogens is 427 g/mol. The van der Waals surface area contributed by atoms with Crippen LogP contribution in [0.1, 0.15) is 19.4 Å². The first-order valence-corrected chi connectivity index (χ1v) is 9.86. The molecule has 0 amide bonds. The fraction of sp³-hybridized carbons (Fsp3) is 0.700. The van der Waals surface area contributed by atoms with Gasteiger partial charge >= 0.3 is 6.36 Å². The molecule has 0 unspecified atom stereocenters. The van der Waals surface area contributed by atoms with E-state index in [1.807, 2.05) is 0 Å². The van der Waals surface area contributed by atoms with Crippen LogP contribution in [0.2, 0.25) is 0 Å². The Kier molecular flexibility index (Phi) is 9.02. The van der Waals surface area contributed by atoms with Crippen molar-refractivity contribution in [2.75, 3.05) is 26.6 Å². The summed E-state index contributed by atoms with van der Waals surface area (Å²) in [7, 11) is 0. The molecule has 1 aliphatic heterocycles. The lowest BCUT2D eigenvalue weighted by atomic mass is 9.95. The molecule has 4 N–H and O–H groups in total. The number of hydrogen-bond donors (Lipinski definition) is 3. The van der Waals surface area contributed by atoms with Gasteiger partial charge in [-0.1, -0.05) is 19.1 Å². The van der Waals surface area contributed by atoms with Crippen LogP contribution in [0.15, 0.2) is 24.3 Å². The molecule has 1 aliphatic rings. The zero-order valence-corrected chi connectivity index (χ0v) is 17.4. The van der Waals surface area contributed by atoms with Gasteiger partial charge in [0.2, 0.25) is 0 Å². The SMILES string of the molecule is C[C@H]1N[C@@H]([C@@H](O)[C@@H](N)Cc2ccc(OC(F)(F)F)cc2)CO[C@H]1OCC(C)(CF)CF. The van der Waals surface area contributed by atoms with Crippen molar-refractivity contribution in [1.29, 1.82) is 0 Å². The Balaban J connectivity index is 1.84. The fourth-order valence-electron chi connectivity index (χ4n) is 3.11. The number of aliphatic hydroxyl groups is 1. The number of aliphatic hydroxyl groups excluding tert-OH is 1. The van der Waals surface area contributed by atoms with Gasteiger partial charge in [0, 0.05) is 11.5 Å². The summed E-state index contributed by atoms with van der Waals surface area (Å²) < 4.78 is 77.5. The van der Waals surface area contributed by atoms with Crippen molar-refractivity contribution < 1.29 is 41.3 Å². The average Bonchev–Trinajstić information content (AvgIpc) is 2.72. The smallest absolute Gasteiger partial charge is 0.406 e. The number of nitrogens with one attached hydrogen (secondary N) is 1. The quantitative estimate of drug-likeness (QED) is 0.469. The molecule has 5 atom stereocenters. The second kappa shape index (κ2) is 10.9. The van der Waals surface area contributed by atoms with E-state index in [0.29, 0.717) is 5.56 Å². The maximum Gasteiger partial charge on any atom is 0.573 e. The predicted molar refractivity (Wildman–Crippen MR) is 103 cm³/mol. The van der Waals surface area contributed by atoms with E-state index in [1.165, 1.54) is 31.2 Å². The van der Waals surface area contributed by atoms with Crippen molar-refractivity contribution in [2.45, 2.75) is 57.2 Å². The molecule has 6 nitrogen and oxygen atoms in total. The van der Waals surface area contributed by atoms with Crippen molar-refractivity contribution in [2.24, 2.45) is 11.1 Å². The molecule has 1 fully saturated rings. The minimum Gasteiger partial charge on any atom is -0.406 e. The maximum atomic E-state index is 12.9. The van der Waals surface area contributed by atoms with Crippen molar-refractivity contribution >= 4 is 0 Å². The van der Waals surface area contributed by atoms with Gasteiger partial charge in [-0.15, -0.1) is 13.2 Å². The van der Waals surface area contributed by atoms with Crippen LogP contribution in [0.5, 0.6) is 5.75 Å². The second-order valence-corrected chi connectivity index (χ2v) is 8.20. The van der Waals surface area contributed by atoms with E-state index in [2.05, 4.69) is 10.1 Å². The first kappa shape index (κ1) is 25.7. The van der Waals surface area contributed by atoms with Crippen LogP contribution in [0.3, 0.4) is 0 Å². The Hall–Kier alpha value is -1.53. The van der Waals surface area contributed by atoms with Crippen LogP contribution < -0.4 is 15.8 Å². The zero-order chi connectivity index (χ0) is 23.2. The molecule has 178 valence electrons. The maximum absolute atomic E-state index is 12.9. The van der Waals surface area contributed by atoms with Gasteiger partial charge in [-0.05, 0) is 31.0 Å². The Morgan fingerprint density at radius 3 is 2.35 bits per heavy atom. The first-order chi connectivity index (χ1) is 14.5. The fourth-order valence-corrected chi connectivity index (χ4v) is 3.11. The Morgan fingerprint density at radius 1 is 1.23 bits per heavy atom. The number of nitrogens with two attached hydrogens (primary N) is 1. The van der Waals surface area contributed by atoms with E-state index < -0.39 is 49.6 Å². The number of hydrogen-bond acceptors (Lipinski definition) is 6. The van der Waals surface area contributed by atoms with Gasteiger partial charge in [0.15, 0.2) is 6.29 Å². The molecule has 2 rings (SSSR count). The number of benzene rings is 1. The minimum absolute atomic E-state index is 0.0597. The standard InChI is InChI=1S/C20H29F5N2O4/c1-12-18(30-11-19(2,9-21)10-22)29-8-16(27-12)17(28)15(26)7-13-3-5-14(6-4-13)31-20(23,24)25/h3-6,12,15-18,27-28H,7-11,26H2,1-2H3/t12-,15+,16-,17+,18+/m1/s1. The summed E-state index contributed by atoms with van der Waals surface area (Å²) in [5, 5.41) is 13.7. The molecule has 0 saturated carbocycles. The third kappa shape index (κ3) is 7.83. The van der Waals surface area contributed by atoms with Crippen LogP contribution in [-0.2, 0) is 15.9 Å². The Bertz CT molecular complexity index is 673. The number of rotatable bonds is 10. The predicted octanol–water partition coefficient (Wildman–Crippen LogP) is 2.48. The van der Waals surface area contributed by atoms with E-state index in [1.54, 1.807) is 6.92 Å². The average molecular weight is 456 g/mol. The largest absolute Gasteiger partial charge is 0.573 e. The molecule has 0 bridgehead atoms. The van der Waals surface area contributed by atoms with E-state index in [9.17, 15) is 27.1 Å². The van der Waals surface area contributed by atoms with Crippen molar-refractivity contribution in [1.82, 2.24) is 5.32 Å². The molecule has 0 radical (unpaired) electrons. The lowest BCUT2D eigenvalue weighted by molar-refractivity contribution is -0.274. The summed E-state index contributed by atoms with van der Waals surface area (Å²) in [6, 6.07) is 3.62. The van der Waals surface area contributed by atoms with Crippen molar-refractivity contribution in [3.05, 3.63) is 29.8 Å². The minimum atomic E-state index is -4.77. The highest BCUT2D eigenvalue weighted by atomic mass is 19.4. The third-order valence-electron chi connectivity index (χ3n) is 5.05. The molecule has 0 aliphatic carbocycles. The molecule has 1 aromatic carbocycles. The van der Waals surface area contributed by atoms with E-state index in [-0.39, 0.29) is 31.4 Å². The number of halogens is 5. The molecule has 1 heterocycles.